The van der Waals surface area contributed by atoms with E-state index in [1.54, 1.807) is 24.3 Å². The molecule has 0 N–H and O–H groups in total. The quantitative estimate of drug-likeness (QED) is 0.852. The average molecular weight is 308 g/mol. The molecular weight excluding hydrogens is 294 g/mol. The molecule has 0 atom stereocenters. The molecule has 3 nitrogen and oxygen atoms in total. The van der Waals surface area contributed by atoms with Crippen LogP contribution in [0.15, 0.2) is 47.4 Å². The average Bonchev–Trinajstić information content (AvgIpc) is 2.82. The van der Waals surface area contributed by atoms with E-state index < -0.39 is 10.0 Å². The number of anilines is 1. The Morgan fingerprint density at radius 2 is 1.90 bits per heavy atom. The second kappa shape index (κ2) is 4.79. The summed E-state index contributed by atoms with van der Waals surface area (Å²) in [4.78, 5) is 0.364. The lowest BCUT2D eigenvalue weighted by atomic mass is 10.2. The molecule has 1 aliphatic rings. The molecule has 0 amide bonds. The van der Waals surface area contributed by atoms with Crippen LogP contribution in [0.3, 0.4) is 0 Å². The zero-order chi connectivity index (χ0) is 14.3. The van der Waals surface area contributed by atoms with Gasteiger partial charge in [0, 0.05) is 11.6 Å². The summed E-state index contributed by atoms with van der Waals surface area (Å²) < 4.78 is 27.1. The summed E-state index contributed by atoms with van der Waals surface area (Å²) in [5.74, 6) is 0. The van der Waals surface area contributed by atoms with Crippen molar-refractivity contribution in [2.75, 3.05) is 10.8 Å². The second-order valence-electron chi connectivity index (χ2n) is 4.87. The van der Waals surface area contributed by atoms with Gasteiger partial charge in [-0.05, 0) is 48.7 Å². The normalized spacial score (nSPS) is 14.4. The van der Waals surface area contributed by atoms with E-state index in [9.17, 15) is 8.42 Å². The molecule has 1 aliphatic heterocycles. The monoisotopic (exact) mass is 307 g/mol. The fraction of sp³-hybridized carbons (Fsp3) is 0.200. The van der Waals surface area contributed by atoms with Crippen LogP contribution in [-0.4, -0.2) is 15.0 Å². The van der Waals surface area contributed by atoms with Crippen molar-refractivity contribution in [1.82, 2.24) is 0 Å². The minimum absolute atomic E-state index is 0.364. The highest BCUT2D eigenvalue weighted by molar-refractivity contribution is 7.93. The number of nitrogens with zero attached hydrogens (tertiary/aromatic N) is 1. The molecule has 2 aromatic rings. The van der Waals surface area contributed by atoms with E-state index in [0.29, 0.717) is 22.9 Å². The summed E-state index contributed by atoms with van der Waals surface area (Å²) in [6.07, 6.45) is 0.695. The molecule has 2 aromatic carbocycles. The number of fused-ring (bicyclic) bond motifs is 1. The largest absolute Gasteiger partial charge is 0.266 e. The highest BCUT2D eigenvalue weighted by Crippen LogP contribution is 2.35. The van der Waals surface area contributed by atoms with Crippen LogP contribution < -0.4 is 4.31 Å². The third-order valence-electron chi connectivity index (χ3n) is 3.56. The van der Waals surface area contributed by atoms with E-state index >= 15 is 0 Å². The van der Waals surface area contributed by atoms with Gasteiger partial charge in [-0.3, -0.25) is 4.31 Å². The first-order chi connectivity index (χ1) is 9.50. The van der Waals surface area contributed by atoms with Crippen molar-refractivity contribution in [1.29, 1.82) is 0 Å². The van der Waals surface area contributed by atoms with Gasteiger partial charge in [-0.2, -0.15) is 0 Å². The fourth-order valence-corrected chi connectivity index (χ4v) is 4.48. The number of hydrogen-bond acceptors (Lipinski definition) is 2. The van der Waals surface area contributed by atoms with E-state index in [1.807, 2.05) is 25.1 Å². The first-order valence-electron chi connectivity index (χ1n) is 6.37. The van der Waals surface area contributed by atoms with E-state index in [2.05, 4.69) is 0 Å². The van der Waals surface area contributed by atoms with E-state index in [4.69, 9.17) is 11.6 Å². The highest BCUT2D eigenvalue weighted by atomic mass is 35.5. The van der Waals surface area contributed by atoms with Crippen LogP contribution >= 0.6 is 11.6 Å². The van der Waals surface area contributed by atoms with Gasteiger partial charge in [0.1, 0.15) is 0 Å². The maximum atomic E-state index is 12.8. The molecule has 0 saturated carbocycles. The van der Waals surface area contributed by atoms with Crippen molar-refractivity contribution < 1.29 is 8.42 Å². The van der Waals surface area contributed by atoms with Gasteiger partial charge in [-0.1, -0.05) is 29.8 Å². The number of aryl methyl sites for hydroxylation is 1. The minimum atomic E-state index is -3.51. The molecular formula is C15H14ClNO2S. The van der Waals surface area contributed by atoms with Crippen LogP contribution in [0.2, 0.25) is 5.02 Å². The third-order valence-corrected chi connectivity index (χ3v) is 5.76. The lowest BCUT2D eigenvalue weighted by molar-refractivity contribution is 0.591. The lowest BCUT2D eigenvalue weighted by Crippen LogP contribution is -2.29. The van der Waals surface area contributed by atoms with Crippen LogP contribution in [0, 0.1) is 6.92 Å². The number of benzene rings is 2. The standard InChI is InChI=1S/C15H14ClNO2S/c1-11-4-2-3-5-15(11)20(18,19)17-9-8-12-10-13(16)6-7-14(12)17/h2-7,10H,8-9H2,1H3. The topological polar surface area (TPSA) is 37.4 Å². The number of sulfonamides is 1. The SMILES string of the molecule is Cc1ccccc1S(=O)(=O)N1CCc2cc(Cl)ccc21. The zero-order valence-corrected chi connectivity index (χ0v) is 12.6. The predicted octanol–water partition coefficient (Wildman–Crippen LogP) is 3.40. The Morgan fingerprint density at radius 3 is 2.65 bits per heavy atom. The van der Waals surface area contributed by atoms with E-state index in [0.717, 1.165) is 16.8 Å². The Balaban J connectivity index is 2.10. The smallest absolute Gasteiger partial charge is 0.264 e. The van der Waals surface area contributed by atoms with Gasteiger partial charge >= 0.3 is 0 Å². The summed E-state index contributed by atoms with van der Waals surface area (Å²) in [6.45, 7) is 2.28. The van der Waals surface area contributed by atoms with Crippen LogP contribution in [-0.2, 0) is 16.4 Å². The van der Waals surface area contributed by atoms with Crippen molar-refractivity contribution in [2.24, 2.45) is 0 Å². The molecule has 0 fully saturated rings. The van der Waals surface area contributed by atoms with Crippen LogP contribution in [0.4, 0.5) is 5.69 Å². The van der Waals surface area contributed by atoms with E-state index in [1.165, 1.54) is 4.31 Å². The van der Waals surface area contributed by atoms with Gasteiger partial charge in [0.2, 0.25) is 0 Å². The first-order valence-corrected chi connectivity index (χ1v) is 8.19. The molecule has 0 aliphatic carbocycles. The number of hydrogen-bond donors (Lipinski definition) is 0. The van der Waals surface area contributed by atoms with Crippen molar-refractivity contribution in [3.8, 4) is 0 Å². The maximum Gasteiger partial charge on any atom is 0.264 e. The van der Waals surface area contributed by atoms with Gasteiger partial charge in [-0.15, -0.1) is 0 Å². The molecule has 0 saturated heterocycles. The Bertz CT molecular complexity index is 771. The number of rotatable bonds is 2. The first kappa shape index (κ1) is 13.5. The number of halogens is 1. The van der Waals surface area contributed by atoms with Crippen molar-refractivity contribution in [3.63, 3.8) is 0 Å². The zero-order valence-electron chi connectivity index (χ0n) is 11.0. The van der Waals surface area contributed by atoms with Crippen molar-refractivity contribution >= 4 is 27.3 Å². The Morgan fingerprint density at radius 1 is 1.15 bits per heavy atom. The maximum absolute atomic E-state index is 12.8. The van der Waals surface area contributed by atoms with Crippen molar-refractivity contribution in [3.05, 3.63) is 58.6 Å². The second-order valence-corrected chi connectivity index (χ2v) is 7.13. The molecule has 5 heteroatoms. The van der Waals surface area contributed by atoms with Crippen LogP contribution in [0.5, 0.6) is 0 Å². The highest BCUT2D eigenvalue weighted by Gasteiger charge is 2.31. The third kappa shape index (κ3) is 2.09. The molecule has 3 rings (SSSR count). The summed E-state index contributed by atoms with van der Waals surface area (Å²) >= 11 is 5.96. The summed E-state index contributed by atoms with van der Waals surface area (Å²) in [6, 6.07) is 12.4. The Hall–Kier alpha value is -1.52. The molecule has 0 unspecified atom stereocenters. The fourth-order valence-electron chi connectivity index (χ4n) is 2.55. The van der Waals surface area contributed by atoms with Gasteiger partial charge in [0.25, 0.3) is 10.0 Å². The molecule has 0 radical (unpaired) electrons. The van der Waals surface area contributed by atoms with Gasteiger partial charge in [-0.25, -0.2) is 8.42 Å². The summed E-state index contributed by atoms with van der Waals surface area (Å²) in [5.41, 5.74) is 2.47. The molecule has 1 heterocycles. The van der Waals surface area contributed by atoms with Crippen LogP contribution in [0.1, 0.15) is 11.1 Å². The Labute approximate surface area is 123 Å². The molecule has 20 heavy (non-hydrogen) atoms. The summed E-state index contributed by atoms with van der Waals surface area (Å²) in [7, 11) is -3.51. The van der Waals surface area contributed by atoms with Crippen LogP contribution in [0.25, 0.3) is 0 Å². The molecule has 0 aromatic heterocycles. The van der Waals surface area contributed by atoms with E-state index in [-0.39, 0.29) is 0 Å². The van der Waals surface area contributed by atoms with Gasteiger partial charge in [0.05, 0.1) is 10.6 Å². The Kier molecular flexibility index (Phi) is 3.22. The molecule has 0 spiro atoms. The lowest BCUT2D eigenvalue weighted by Gasteiger charge is -2.20. The molecule has 0 bridgehead atoms. The van der Waals surface area contributed by atoms with Crippen molar-refractivity contribution in [2.45, 2.75) is 18.2 Å². The predicted molar refractivity (Wildman–Crippen MR) is 80.9 cm³/mol. The summed E-state index contributed by atoms with van der Waals surface area (Å²) in [5, 5.41) is 0.638. The molecule has 104 valence electrons. The minimum Gasteiger partial charge on any atom is -0.266 e. The van der Waals surface area contributed by atoms with Gasteiger partial charge in [0.15, 0.2) is 0 Å². The van der Waals surface area contributed by atoms with Gasteiger partial charge < -0.3 is 0 Å².